The Bertz CT molecular complexity index is 890. The molecule has 2 aromatic heterocycles. The summed E-state index contributed by atoms with van der Waals surface area (Å²) in [5.74, 6) is 0.915. The number of piperazine rings is 1. The number of fused-ring (bicyclic) bond motifs is 1. The lowest BCUT2D eigenvalue weighted by atomic mass is 10.1. The minimum atomic E-state index is 0.478. The van der Waals surface area contributed by atoms with E-state index in [2.05, 4.69) is 39.5 Å². The molecule has 6 heteroatoms. The maximum atomic E-state index is 6.06. The van der Waals surface area contributed by atoms with Crippen LogP contribution in [0.1, 0.15) is 0 Å². The standard InChI is InChI=1S/C19H22ClN5/c1-23-9-10-24(2)16(12-23)13-25-8-7-21-19(25)18-5-3-14-11-15(20)4-6-17(14)22-18/h3-8,11,16H,9-10,12-13H2,1-2H3. The predicted molar refractivity (Wildman–Crippen MR) is 102 cm³/mol. The number of hydrogen-bond acceptors (Lipinski definition) is 4. The molecule has 5 nitrogen and oxygen atoms in total. The van der Waals surface area contributed by atoms with Crippen molar-refractivity contribution in [2.75, 3.05) is 33.7 Å². The summed E-state index contributed by atoms with van der Waals surface area (Å²) < 4.78 is 2.21. The summed E-state index contributed by atoms with van der Waals surface area (Å²) in [5.41, 5.74) is 1.83. The van der Waals surface area contributed by atoms with E-state index >= 15 is 0 Å². The van der Waals surface area contributed by atoms with Crippen LogP contribution in [0.15, 0.2) is 42.7 Å². The molecule has 1 aromatic carbocycles. The van der Waals surface area contributed by atoms with Gasteiger partial charge in [0.25, 0.3) is 0 Å². The Morgan fingerprint density at radius 2 is 2.04 bits per heavy atom. The highest BCUT2D eigenvalue weighted by atomic mass is 35.5. The van der Waals surface area contributed by atoms with E-state index in [1.807, 2.05) is 36.7 Å². The molecular weight excluding hydrogens is 334 g/mol. The molecule has 1 unspecified atom stereocenters. The summed E-state index contributed by atoms with van der Waals surface area (Å²) in [7, 11) is 4.39. The Balaban J connectivity index is 1.64. The van der Waals surface area contributed by atoms with Gasteiger partial charge in [0, 0.05) is 55.0 Å². The number of hydrogen-bond donors (Lipinski definition) is 0. The van der Waals surface area contributed by atoms with Gasteiger partial charge in [-0.3, -0.25) is 4.90 Å². The van der Waals surface area contributed by atoms with Gasteiger partial charge in [0.15, 0.2) is 5.82 Å². The zero-order chi connectivity index (χ0) is 17.4. The van der Waals surface area contributed by atoms with Gasteiger partial charge in [0.1, 0.15) is 5.69 Å². The molecule has 0 amide bonds. The number of rotatable bonds is 3. The summed E-state index contributed by atoms with van der Waals surface area (Å²) in [4.78, 5) is 14.2. The number of likely N-dealkylation sites (N-methyl/N-ethyl adjacent to an activating group) is 2. The number of halogens is 1. The minimum absolute atomic E-state index is 0.478. The van der Waals surface area contributed by atoms with Crippen LogP contribution in [-0.2, 0) is 6.54 Å². The van der Waals surface area contributed by atoms with E-state index < -0.39 is 0 Å². The molecule has 130 valence electrons. The summed E-state index contributed by atoms with van der Waals surface area (Å²) >= 11 is 6.06. The quantitative estimate of drug-likeness (QED) is 0.723. The van der Waals surface area contributed by atoms with E-state index in [-0.39, 0.29) is 0 Å². The molecule has 1 atom stereocenters. The van der Waals surface area contributed by atoms with Crippen LogP contribution in [-0.4, -0.2) is 64.1 Å². The maximum Gasteiger partial charge on any atom is 0.158 e. The van der Waals surface area contributed by atoms with Gasteiger partial charge in [-0.1, -0.05) is 17.7 Å². The average Bonchev–Trinajstić information content (AvgIpc) is 3.06. The highest BCUT2D eigenvalue weighted by molar-refractivity contribution is 6.31. The molecule has 4 rings (SSSR count). The van der Waals surface area contributed by atoms with Crippen molar-refractivity contribution in [3.63, 3.8) is 0 Å². The molecular formula is C19H22ClN5. The molecule has 25 heavy (non-hydrogen) atoms. The van der Waals surface area contributed by atoms with Crippen LogP contribution in [0, 0.1) is 0 Å². The van der Waals surface area contributed by atoms with E-state index in [0.717, 1.165) is 53.6 Å². The first kappa shape index (κ1) is 16.5. The van der Waals surface area contributed by atoms with Crippen molar-refractivity contribution in [2.45, 2.75) is 12.6 Å². The molecule has 3 aromatic rings. The second kappa shape index (κ2) is 6.75. The Morgan fingerprint density at radius 1 is 1.16 bits per heavy atom. The molecule has 1 saturated heterocycles. The van der Waals surface area contributed by atoms with Crippen molar-refractivity contribution < 1.29 is 0 Å². The number of aromatic nitrogens is 3. The van der Waals surface area contributed by atoms with Crippen molar-refractivity contribution in [1.82, 2.24) is 24.3 Å². The third-order valence-electron chi connectivity index (χ3n) is 4.98. The van der Waals surface area contributed by atoms with Crippen molar-refractivity contribution in [2.24, 2.45) is 0 Å². The zero-order valence-electron chi connectivity index (χ0n) is 14.6. The van der Waals surface area contributed by atoms with Gasteiger partial charge in [0.05, 0.1) is 5.52 Å². The summed E-state index contributed by atoms with van der Waals surface area (Å²) in [6.07, 6.45) is 3.90. The van der Waals surface area contributed by atoms with Gasteiger partial charge in [-0.2, -0.15) is 0 Å². The molecule has 0 N–H and O–H groups in total. The molecule has 0 saturated carbocycles. The third kappa shape index (κ3) is 3.40. The lowest BCUT2D eigenvalue weighted by Crippen LogP contribution is -2.51. The Kier molecular flexibility index (Phi) is 4.46. The zero-order valence-corrected chi connectivity index (χ0v) is 15.3. The second-order valence-corrected chi connectivity index (χ2v) is 7.27. The van der Waals surface area contributed by atoms with Crippen LogP contribution in [0.4, 0.5) is 0 Å². The lowest BCUT2D eigenvalue weighted by Gasteiger charge is -2.38. The van der Waals surface area contributed by atoms with Gasteiger partial charge < -0.3 is 9.47 Å². The van der Waals surface area contributed by atoms with Crippen LogP contribution < -0.4 is 0 Å². The highest BCUT2D eigenvalue weighted by Gasteiger charge is 2.23. The molecule has 1 fully saturated rings. The van der Waals surface area contributed by atoms with Gasteiger partial charge >= 0.3 is 0 Å². The number of nitrogens with zero attached hydrogens (tertiary/aromatic N) is 5. The van der Waals surface area contributed by atoms with Crippen LogP contribution in [0.3, 0.4) is 0 Å². The minimum Gasteiger partial charge on any atom is -0.328 e. The van der Waals surface area contributed by atoms with Crippen molar-refractivity contribution in [3.05, 3.63) is 47.7 Å². The predicted octanol–water partition coefficient (Wildman–Crippen LogP) is 3.00. The SMILES string of the molecule is CN1CCN(C)C(Cn2ccnc2-c2ccc3cc(Cl)ccc3n2)C1. The fourth-order valence-electron chi connectivity index (χ4n) is 3.44. The van der Waals surface area contributed by atoms with E-state index in [0.29, 0.717) is 6.04 Å². The van der Waals surface area contributed by atoms with Gasteiger partial charge in [-0.15, -0.1) is 0 Å². The molecule has 0 spiro atoms. The van der Waals surface area contributed by atoms with Crippen LogP contribution in [0.2, 0.25) is 5.02 Å². The second-order valence-electron chi connectivity index (χ2n) is 6.83. The molecule has 1 aliphatic rings. The highest BCUT2D eigenvalue weighted by Crippen LogP contribution is 2.23. The molecule has 1 aliphatic heterocycles. The normalized spacial score (nSPS) is 19.6. The van der Waals surface area contributed by atoms with Crippen molar-refractivity contribution in [3.8, 4) is 11.5 Å². The fraction of sp³-hybridized carbons (Fsp3) is 0.368. The van der Waals surface area contributed by atoms with E-state index in [1.165, 1.54) is 0 Å². The number of pyridine rings is 1. The van der Waals surface area contributed by atoms with Gasteiger partial charge in [-0.25, -0.2) is 9.97 Å². The summed E-state index contributed by atoms with van der Waals surface area (Å²) in [6, 6.07) is 10.3. The van der Waals surface area contributed by atoms with Crippen LogP contribution in [0.25, 0.3) is 22.4 Å². The maximum absolute atomic E-state index is 6.06. The smallest absolute Gasteiger partial charge is 0.158 e. The van der Waals surface area contributed by atoms with E-state index in [1.54, 1.807) is 0 Å². The molecule has 0 aliphatic carbocycles. The number of benzene rings is 1. The van der Waals surface area contributed by atoms with Crippen molar-refractivity contribution in [1.29, 1.82) is 0 Å². The topological polar surface area (TPSA) is 37.2 Å². The first-order valence-corrected chi connectivity index (χ1v) is 8.94. The number of imidazole rings is 1. The Hall–Kier alpha value is -1.95. The first-order valence-electron chi connectivity index (χ1n) is 8.57. The summed E-state index contributed by atoms with van der Waals surface area (Å²) in [5, 5.41) is 1.77. The monoisotopic (exact) mass is 355 g/mol. The third-order valence-corrected chi connectivity index (χ3v) is 5.22. The fourth-order valence-corrected chi connectivity index (χ4v) is 3.62. The van der Waals surface area contributed by atoms with Crippen molar-refractivity contribution >= 4 is 22.5 Å². The Labute approximate surface area is 152 Å². The summed E-state index contributed by atoms with van der Waals surface area (Å²) in [6.45, 7) is 4.20. The van der Waals surface area contributed by atoms with Crippen LogP contribution in [0.5, 0.6) is 0 Å². The first-order chi connectivity index (χ1) is 12.1. The lowest BCUT2D eigenvalue weighted by molar-refractivity contribution is 0.103. The van der Waals surface area contributed by atoms with E-state index in [4.69, 9.17) is 16.6 Å². The largest absolute Gasteiger partial charge is 0.328 e. The van der Waals surface area contributed by atoms with E-state index in [9.17, 15) is 0 Å². The average molecular weight is 356 g/mol. The molecule has 3 heterocycles. The molecule has 0 bridgehead atoms. The Morgan fingerprint density at radius 3 is 2.92 bits per heavy atom. The van der Waals surface area contributed by atoms with Gasteiger partial charge in [-0.05, 0) is 38.4 Å². The molecule has 0 radical (unpaired) electrons. The van der Waals surface area contributed by atoms with Crippen LogP contribution >= 0.6 is 11.6 Å². The van der Waals surface area contributed by atoms with Gasteiger partial charge in [0.2, 0.25) is 0 Å².